The molecular weight excluding hydrogens is 198 g/mol. The van der Waals surface area contributed by atoms with Crippen molar-refractivity contribution in [1.82, 2.24) is 25.9 Å². The fourth-order valence-corrected chi connectivity index (χ4v) is 1.56. The van der Waals surface area contributed by atoms with Crippen molar-refractivity contribution >= 4 is 5.91 Å². The lowest BCUT2D eigenvalue weighted by atomic mass is 9.89. The van der Waals surface area contributed by atoms with Crippen molar-refractivity contribution in [1.29, 1.82) is 0 Å². The SMILES string of the molecule is CCOC1CC(NC(=O)c2nn[nH]n2)C1. The van der Waals surface area contributed by atoms with Crippen LogP contribution >= 0.6 is 0 Å². The zero-order valence-corrected chi connectivity index (χ0v) is 8.43. The van der Waals surface area contributed by atoms with Crippen molar-refractivity contribution in [3.63, 3.8) is 0 Å². The minimum absolute atomic E-state index is 0.0786. The van der Waals surface area contributed by atoms with E-state index >= 15 is 0 Å². The Morgan fingerprint density at radius 1 is 1.67 bits per heavy atom. The van der Waals surface area contributed by atoms with E-state index in [2.05, 4.69) is 25.9 Å². The summed E-state index contributed by atoms with van der Waals surface area (Å²) in [6, 6.07) is 0.174. The smallest absolute Gasteiger partial charge is 0.293 e. The number of aromatic nitrogens is 4. The summed E-state index contributed by atoms with van der Waals surface area (Å²) in [4.78, 5) is 11.4. The number of hydrogen-bond acceptors (Lipinski definition) is 5. The summed E-state index contributed by atoms with van der Waals surface area (Å²) in [5, 5.41) is 15.5. The van der Waals surface area contributed by atoms with Crippen molar-refractivity contribution in [2.24, 2.45) is 0 Å². The van der Waals surface area contributed by atoms with Crippen LogP contribution in [0.25, 0.3) is 0 Å². The first-order valence-electron chi connectivity index (χ1n) is 4.95. The molecule has 0 radical (unpaired) electrons. The van der Waals surface area contributed by atoms with Crippen LogP contribution in [0.2, 0.25) is 0 Å². The van der Waals surface area contributed by atoms with E-state index in [1.54, 1.807) is 0 Å². The van der Waals surface area contributed by atoms with Gasteiger partial charge >= 0.3 is 0 Å². The molecule has 2 N–H and O–H groups in total. The van der Waals surface area contributed by atoms with Crippen LogP contribution in [0.1, 0.15) is 30.4 Å². The fraction of sp³-hybridized carbons (Fsp3) is 0.750. The second-order valence-corrected chi connectivity index (χ2v) is 3.45. The molecule has 1 aromatic heterocycles. The maximum Gasteiger partial charge on any atom is 0.293 e. The third-order valence-corrected chi connectivity index (χ3v) is 2.38. The van der Waals surface area contributed by atoms with E-state index in [9.17, 15) is 4.79 Å². The Bertz CT molecular complexity index is 320. The number of carbonyl (C=O) groups is 1. The molecule has 1 amide bonds. The molecule has 7 nitrogen and oxygen atoms in total. The topological polar surface area (TPSA) is 92.8 Å². The molecule has 82 valence electrons. The summed E-state index contributed by atoms with van der Waals surface area (Å²) >= 11 is 0. The number of nitrogens with zero attached hydrogens (tertiary/aromatic N) is 3. The summed E-state index contributed by atoms with van der Waals surface area (Å²) in [5.74, 6) is -0.210. The van der Waals surface area contributed by atoms with Gasteiger partial charge in [0, 0.05) is 12.6 Å². The largest absolute Gasteiger partial charge is 0.378 e. The minimum Gasteiger partial charge on any atom is -0.378 e. The predicted octanol–water partition coefficient (Wildman–Crippen LogP) is -0.503. The second-order valence-electron chi connectivity index (χ2n) is 3.45. The molecule has 0 aliphatic heterocycles. The summed E-state index contributed by atoms with van der Waals surface area (Å²) in [6.45, 7) is 2.68. The third kappa shape index (κ3) is 2.30. The number of rotatable bonds is 4. The average molecular weight is 211 g/mol. The van der Waals surface area contributed by atoms with Crippen LogP contribution in [-0.4, -0.2) is 45.3 Å². The third-order valence-electron chi connectivity index (χ3n) is 2.38. The van der Waals surface area contributed by atoms with Gasteiger partial charge in [-0.1, -0.05) is 0 Å². The fourth-order valence-electron chi connectivity index (χ4n) is 1.56. The Morgan fingerprint density at radius 2 is 2.47 bits per heavy atom. The van der Waals surface area contributed by atoms with Crippen molar-refractivity contribution in [3.05, 3.63) is 5.82 Å². The van der Waals surface area contributed by atoms with Gasteiger partial charge in [0.05, 0.1) is 6.10 Å². The van der Waals surface area contributed by atoms with Crippen molar-refractivity contribution < 1.29 is 9.53 Å². The number of amides is 1. The van der Waals surface area contributed by atoms with Gasteiger partial charge in [0.2, 0.25) is 0 Å². The Labute approximate surface area is 86.6 Å². The molecule has 0 bridgehead atoms. The average Bonchev–Trinajstić information content (AvgIpc) is 2.67. The van der Waals surface area contributed by atoms with E-state index in [4.69, 9.17) is 4.74 Å². The van der Waals surface area contributed by atoms with Gasteiger partial charge in [0.25, 0.3) is 11.7 Å². The number of tetrazole rings is 1. The number of aromatic amines is 1. The Kier molecular flexibility index (Phi) is 2.91. The molecule has 15 heavy (non-hydrogen) atoms. The van der Waals surface area contributed by atoms with Crippen molar-refractivity contribution in [2.75, 3.05) is 6.61 Å². The molecule has 0 spiro atoms. The number of carbonyl (C=O) groups excluding carboxylic acids is 1. The Hall–Kier alpha value is -1.50. The summed E-state index contributed by atoms with van der Waals surface area (Å²) in [7, 11) is 0. The second kappa shape index (κ2) is 4.35. The number of hydrogen-bond donors (Lipinski definition) is 2. The van der Waals surface area contributed by atoms with Gasteiger partial charge < -0.3 is 10.1 Å². The monoisotopic (exact) mass is 211 g/mol. The van der Waals surface area contributed by atoms with E-state index in [1.807, 2.05) is 6.92 Å². The number of H-pyrrole nitrogens is 1. The molecule has 0 atom stereocenters. The maximum atomic E-state index is 11.4. The van der Waals surface area contributed by atoms with Crippen LogP contribution in [0.15, 0.2) is 0 Å². The quantitative estimate of drug-likeness (QED) is 0.700. The summed E-state index contributed by atoms with van der Waals surface area (Å²) in [5.41, 5.74) is 0. The molecule has 1 aliphatic rings. The molecule has 1 aromatic rings. The van der Waals surface area contributed by atoms with E-state index in [1.165, 1.54) is 0 Å². The first-order chi connectivity index (χ1) is 7.29. The van der Waals surface area contributed by atoms with Crippen molar-refractivity contribution in [2.45, 2.75) is 31.9 Å². The van der Waals surface area contributed by atoms with E-state index in [0.717, 1.165) is 19.4 Å². The maximum absolute atomic E-state index is 11.4. The highest BCUT2D eigenvalue weighted by Gasteiger charge is 2.31. The molecule has 1 saturated carbocycles. The highest BCUT2D eigenvalue weighted by atomic mass is 16.5. The van der Waals surface area contributed by atoms with Gasteiger partial charge in [-0.05, 0) is 25.0 Å². The van der Waals surface area contributed by atoms with Crippen LogP contribution in [0.4, 0.5) is 0 Å². The lowest BCUT2D eigenvalue weighted by Crippen LogP contribution is -2.48. The van der Waals surface area contributed by atoms with Gasteiger partial charge in [0.15, 0.2) is 0 Å². The lowest BCUT2D eigenvalue weighted by molar-refractivity contribution is -0.00871. The molecule has 0 unspecified atom stereocenters. The Balaban J connectivity index is 1.74. The van der Waals surface area contributed by atoms with E-state index < -0.39 is 0 Å². The Morgan fingerprint density at radius 3 is 3.07 bits per heavy atom. The van der Waals surface area contributed by atoms with Gasteiger partial charge in [0.1, 0.15) is 0 Å². The zero-order valence-electron chi connectivity index (χ0n) is 8.43. The van der Waals surface area contributed by atoms with Crippen LogP contribution in [0.5, 0.6) is 0 Å². The zero-order chi connectivity index (χ0) is 10.7. The highest BCUT2D eigenvalue weighted by Crippen LogP contribution is 2.23. The molecule has 2 rings (SSSR count). The van der Waals surface area contributed by atoms with Crippen molar-refractivity contribution in [3.8, 4) is 0 Å². The summed E-state index contributed by atoms with van der Waals surface area (Å²) < 4.78 is 5.38. The molecular formula is C8H13N5O2. The molecule has 1 fully saturated rings. The van der Waals surface area contributed by atoms with Crippen LogP contribution < -0.4 is 5.32 Å². The van der Waals surface area contributed by atoms with Gasteiger partial charge in [-0.15, -0.1) is 10.2 Å². The van der Waals surface area contributed by atoms with Gasteiger partial charge in [-0.25, -0.2) is 0 Å². The molecule has 7 heteroatoms. The lowest BCUT2D eigenvalue weighted by Gasteiger charge is -2.34. The van der Waals surface area contributed by atoms with Gasteiger partial charge in [-0.2, -0.15) is 5.21 Å². The van der Waals surface area contributed by atoms with Crippen LogP contribution in [0, 0.1) is 0 Å². The molecule has 1 heterocycles. The first-order valence-corrected chi connectivity index (χ1v) is 4.95. The number of nitrogens with one attached hydrogen (secondary N) is 2. The minimum atomic E-state index is -0.288. The molecule has 1 aliphatic carbocycles. The molecule has 0 saturated heterocycles. The van der Waals surface area contributed by atoms with Gasteiger partial charge in [-0.3, -0.25) is 4.79 Å². The number of ether oxygens (including phenoxy) is 1. The standard InChI is InChI=1S/C8H13N5O2/c1-2-15-6-3-5(4-6)9-8(14)7-10-12-13-11-7/h5-6H,2-4H2,1H3,(H,9,14)(H,10,11,12,13). The normalized spacial score (nSPS) is 24.6. The highest BCUT2D eigenvalue weighted by molar-refractivity contribution is 5.90. The summed E-state index contributed by atoms with van der Waals surface area (Å²) in [6.07, 6.45) is 2.00. The van der Waals surface area contributed by atoms with Crippen LogP contribution in [-0.2, 0) is 4.74 Å². The predicted molar refractivity (Wildman–Crippen MR) is 50.1 cm³/mol. The molecule has 0 aromatic carbocycles. The first kappa shape index (κ1) is 10.0. The van der Waals surface area contributed by atoms with Crippen LogP contribution in [0.3, 0.4) is 0 Å². The van der Waals surface area contributed by atoms with E-state index in [-0.39, 0.29) is 23.9 Å². The van der Waals surface area contributed by atoms with E-state index in [0.29, 0.717) is 0 Å².